The fraction of sp³-hybridized carbons (Fsp3) is 0.348. The number of carbonyl (C=O) groups excluding carboxylic acids is 2. The zero-order chi connectivity index (χ0) is 23.8. The molecule has 2 heterocycles. The number of aliphatic hydroxyl groups excluding tert-OH is 1. The second kappa shape index (κ2) is 11.1. The van der Waals surface area contributed by atoms with Crippen LogP contribution >= 0.6 is 0 Å². The van der Waals surface area contributed by atoms with Crippen LogP contribution in [0.5, 0.6) is 0 Å². The van der Waals surface area contributed by atoms with E-state index in [1.165, 1.54) is 17.2 Å². The fourth-order valence-electron chi connectivity index (χ4n) is 3.77. The third kappa shape index (κ3) is 6.51. The normalized spacial score (nSPS) is 18.2. The topological polar surface area (TPSA) is 156 Å². The third-order valence-corrected chi connectivity index (χ3v) is 5.43. The summed E-state index contributed by atoms with van der Waals surface area (Å²) >= 11 is 0. The van der Waals surface area contributed by atoms with Gasteiger partial charge in [-0.25, -0.2) is 9.78 Å². The monoisotopic (exact) mass is 451 g/mol. The van der Waals surface area contributed by atoms with Gasteiger partial charge in [0.05, 0.1) is 6.10 Å². The SMILES string of the molecule is N#Cc1ccc(CNC(=O)[C@@H]2C[C@H](O)CN2C(=O)C(CCc2ccccc2)NC(=O)O)cn1. The molecule has 3 amide bonds. The Labute approximate surface area is 190 Å². The molecule has 3 atom stereocenters. The van der Waals surface area contributed by atoms with Crippen LogP contribution in [0, 0.1) is 11.3 Å². The first-order valence-electron chi connectivity index (χ1n) is 10.5. The van der Waals surface area contributed by atoms with Crippen molar-refractivity contribution in [2.45, 2.75) is 44.0 Å². The van der Waals surface area contributed by atoms with Gasteiger partial charge < -0.3 is 25.7 Å². The molecule has 0 aliphatic carbocycles. The number of hydrogen-bond donors (Lipinski definition) is 4. The Hall–Kier alpha value is -3.97. The first kappa shape index (κ1) is 23.7. The minimum Gasteiger partial charge on any atom is -0.465 e. The quantitative estimate of drug-likeness (QED) is 0.462. The molecule has 0 spiro atoms. The van der Waals surface area contributed by atoms with Crippen molar-refractivity contribution in [2.75, 3.05) is 6.54 Å². The number of nitriles is 1. The lowest BCUT2D eigenvalue weighted by atomic mass is 10.0. The van der Waals surface area contributed by atoms with E-state index in [0.29, 0.717) is 12.0 Å². The summed E-state index contributed by atoms with van der Waals surface area (Å²) in [5, 5.41) is 33.1. The maximum Gasteiger partial charge on any atom is 0.405 e. The number of β-amino-alcohol motifs (C(OH)–C–C–N with tert-alkyl or cyclic N) is 1. The zero-order valence-corrected chi connectivity index (χ0v) is 17.8. The number of amides is 3. The Balaban J connectivity index is 1.66. The number of nitrogens with zero attached hydrogens (tertiary/aromatic N) is 3. The van der Waals surface area contributed by atoms with Crippen molar-refractivity contribution in [1.29, 1.82) is 5.26 Å². The molecule has 10 heteroatoms. The van der Waals surface area contributed by atoms with Crippen molar-refractivity contribution in [2.24, 2.45) is 0 Å². The Morgan fingerprint density at radius 3 is 2.58 bits per heavy atom. The highest BCUT2D eigenvalue weighted by Gasteiger charge is 2.41. The first-order chi connectivity index (χ1) is 15.9. The fourth-order valence-corrected chi connectivity index (χ4v) is 3.77. The highest BCUT2D eigenvalue weighted by atomic mass is 16.4. The standard InChI is InChI=1S/C23H25N5O5/c24-11-17-8-6-16(12-25-17)13-26-21(30)20-10-18(29)14-28(20)22(31)19(27-23(32)33)9-7-15-4-2-1-3-5-15/h1-6,8,12,18-20,27,29H,7,9-10,13-14H2,(H,26,30)(H,32,33)/t18-,19?,20-/m0/s1. The van der Waals surface area contributed by atoms with E-state index in [-0.39, 0.29) is 31.6 Å². The predicted molar refractivity (Wildman–Crippen MR) is 117 cm³/mol. The van der Waals surface area contributed by atoms with Crippen LogP contribution in [0.4, 0.5) is 4.79 Å². The Morgan fingerprint density at radius 1 is 1.18 bits per heavy atom. The maximum absolute atomic E-state index is 13.2. The summed E-state index contributed by atoms with van der Waals surface area (Å²) < 4.78 is 0. The van der Waals surface area contributed by atoms with Gasteiger partial charge in [-0.3, -0.25) is 9.59 Å². The van der Waals surface area contributed by atoms with Crippen LogP contribution in [0.1, 0.15) is 29.7 Å². The minimum absolute atomic E-state index is 0.0571. The number of carbonyl (C=O) groups is 3. The Morgan fingerprint density at radius 2 is 1.94 bits per heavy atom. The summed E-state index contributed by atoms with van der Waals surface area (Å²) in [6.45, 7) is 0.0788. The number of likely N-dealkylation sites (tertiary alicyclic amines) is 1. The summed E-state index contributed by atoms with van der Waals surface area (Å²) in [5.74, 6) is -1.01. The largest absolute Gasteiger partial charge is 0.465 e. The molecule has 1 aromatic heterocycles. The van der Waals surface area contributed by atoms with Crippen molar-refractivity contribution < 1.29 is 24.6 Å². The molecule has 1 aromatic carbocycles. The van der Waals surface area contributed by atoms with Crippen LogP contribution < -0.4 is 10.6 Å². The lowest BCUT2D eigenvalue weighted by molar-refractivity contribution is -0.140. The number of carboxylic acid groups (broad SMARTS) is 1. The van der Waals surface area contributed by atoms with E-state index in [2.05, 4.69) is 15.6 Å². The second-order valence-corrected chi connectivity index (χ2v) is 7.80. The number of aliphatic hydroxyl groups is 1. The molecule has 4 N–H and O–H groups in total. The number of rotatable bonds is 8. The van der Waals surface area contributed by atoms with E-state index >= 15 is 0 Å². The zero-order valence-electron chi connectivity index (χ0n) is 17.8. The smallest absolute Gasteiger partial charge is 0.405 e. The predicted octanol–water partition coefficient (Wildman–Crippen LogP) is 0.800. The van der Waals surface area contributed by atoms with Crippen molar-refractivity contribution >= 4 is 17.9 Å². The lowest BCUT2D eigenvalue weighted by Gasteiger charge is -2.28. The van der Waals surface area contributed by atoms with E-state index in [1.54, 1.807) is 6.07 Å². The van der Waals surface area contributed by atoms with Gasteiger partial charge in [0.2, 0.25) is 11.8 Å². The Kier molecular flexibility index (Phi) is 7.94. The van der Waals surface area contributed by atoms with Crippen molar-refractivity contribution in [3.63, 3.8) is 0 Å². The summed E-state index contributed by atoms with van der Waals surface area (Å²) in [5.41, 5.74) is 1.88. The molecule has 10 nitrogen and oxygen atoms in total. The number of nitrogens with one attached hydrogen (secondary N) is 2. The average Bonchev–Trinajstić information content (AvgIpc) is 3.22. The minimum atomic E-state index is -1.34. The molecule has 3 rings (SSSR count). The van der Waals surface area contributed by atoms with Crippen LogP contribution in [-0.4, -0.2) is 62.7 Å². The van der Waals surface area contributed by atoms with Gasteiger partial charge in [-0.1, -0.05) is 36.4 Å². The van der Waals surface area contributed by atoms with Gasteiger partial charge in [0.1, 0.15) is 23.8 Å². The van der Waals surface area contributed by atoms with Gasteiger partial charge in [-0.2, -0.15) is 5.26 Å². The van der Waals surface area contributed by atoms with E-state index in [9.17, 15) is 24.6 Å². The third-order valence-electron chi connectivity index (χ3n) is 5.43. The highest BCUT2D eigenvalue weighted by molar-refractivity contribution is 5.91. The van der Waals surface area contributed by atoms with Gasteiger partial charge in [0.15, 0.2) is 0 Å². The molecule has 0 saturated carbocycles. The second-order valence-electron chi connectivity index (χ2n) is 7.80. The number of aryl methyl sites for hydroxylation is 1. The van der Waals surface area contributed by atoms with Gasteiger partial charge in [0.25, 0.3) is 0 Å². The van der Waals surface area contributed by atoms with Crippen LogP contribution in [0.3, 0.4) is 0 Å². The maximum atomic E-state index is 13.2. The summed E-state index contributed by atoms with van der Waals surface area (Å²) in [7, 11) is 0. The molecule has 1 fully saturated rings. The van der Waals surface area contributed by atoms with Crippen molar-refractivity contribution in [3.05, 3.63) is 65.5 Å². The molecule has 0 bridgehead atoms. The van der Waals surface area contributed by atoms with Crippen LogP contribution in [0.25, 0.3) is 0 Å². The molecule has 1 unspecified atom stereocenters. The van der Waals surface area contributed by atoms with E-state index in [0.717, 1.165) is 5.56 Å². The number of aromatic nitrogens is 1. The highest BCUT2D eigenvalue weighted by Crippen LogP contribution is 2.21. The van der Waals surface area contributed by atoms with Crippen LogP contribution in [-0.2, 0) is 22.6 Å². The van der Waals surface area contributed by atoms with Gasteiger partial charge in [0, 0.05) is 25.7 Å². The van der Waals surface area contributed by atoms with E-state index in [1.807, 2.05) is 36.4 Å². The number of hydrogen-bond acceptors (Lipinski definition) is 6. The first-order valence-corrected chi connectivity index (χ1v) is 10.5. The molecule has 2 aromatic rings. The molecular weight excluding hydrogens is 426 g/mol. The van der Waals surface area contributed by atoms with Crippen molar-refractivity contribution in [1.82, 2.24) is 20.5 Å². The average molecular weight is 451 g/mol. The molecule has 1 aliphatic heterocycles. The van der Waals surface area contributed by atoms with E-state index < -0.39 is 36.1 Å². The summed E-state index contributed by atoms with van der Waals surface area (Å²) in [6.07, 6.45) is -0.0105. The molecule has 172 valence electrons. The molecule has 1 saturated heterocycles. The van der Waals surface area contributed by atoms with E-state index in [4.69, 9.17) is 5.26 Å². The summed E-state index contributed by atoms with van der Waals surface area (Å²) in [4.78, 5) is 42.4. The summed E-state index contributed by atoms with van der Waals surface area (Å²) in [6, 6.07) is 12.5. The van der Waals surface area contributed by atoms with Gasteiger partial charge in [-0.05, 0) is 30.0 Å². The lowest BCUT2D eigenvalue weighted by Crippen LogP contribution is -2.53. The number of pyridine rings is 1. The molecule has 1 aliphatic rings. The molecule has 33 heavy (non-hydrogen) atoms. The number of benzene rings is 1. The molecule has 0 radical (unpaired) electrons. The molecular formula is C23H25N5O5. The Bertz CT molecular complexity index is 1020. The van der Waals surface area contributed by atoms with Crippen molar-refractivity contribution in [3.8, 4) is 6.07 Å². The van der Waals surface area contributed by atoms with Gasteiger partial charge >= 0.3 is 6.09 Å². The van der Waals surface area contributed by atoms with Gasteiger partial charge in [-0.15, -0.1) is 0 Å². The van der Waals surface area contributed by atoms with Crippen LogP contribution in [0.2, 0.25) is 0 Å². The van der Waals surface area contributed by atoms with Crippen LogP contribution in [0.15, 0.2) is 48.7 Å².